The van der Waals surface area contributed by atoms with E-state index in [0.29, 0.717) is 10.8 Å². The summed E-state index contributed by atoms with van der Waals surface area (Å²) in [5, 5.41) is 4.73. The van der Waals surface area contributed by atoms with Gasteiger partial charge in [-0.2, -0.15) is 5.10 Å². The summed E-state index contributed by atoms with van der Waals surface area (Å²) in [5.74, 6) is 0.293. The molecular formula is C22H27ClN2O2. The van der Waals surface area contributed by atoms with Gasteiger partial charge >= 0.3 is 0 Å². The van der Waals surface area contributed by atoms with Gasteiger partial charge in [0.2, 0.25) is 0 Å². The molecule has 1 atom stereocenters. The van der Waals surface area contributed by atoms with E-state index in [1.165, 1.54) is 5.56 Å². The van der Waals surface area contributed by atoms with Crippen molar-refractivity contribution >= 4 is 23.7 Å². The van der Waals surface area contributed by atoms with Gasteiger partial charge < -0.3 is 4.74 Å². The Morgan fingerprint density at radius 2 is 1.70 bits per heavy atom. The predicted molar refractivity (Wildman–Crippen MR) is 112 cm³/mol. The van der Waals surface area contributed by atoms with Crippen molar-refractivity contribution in [3.8, 4) is 5.75 Å². The van der Waals surface area contributed by atoms with Crippen LogP contribution in [0.2, 0.25) is 5.02 Å². The lowest BCUT2D eigenvalue weighted by atomic mass is 9.87. The van der Waals surface area contributed by atoms with Gasteiger partial charge in [0.15, 0.2) is 6.10 Å². The lowest BCUT2D eigenvalue weighted by Crippen LogP contribution is -2.33. The Bertz CT molecular complexity index is 813. The number of ether oxygens (including phenoxy) is 1. The molecule has 2 aromatic rings. The third kappa shape index (κ3) is 5.83. The Morgan fingerprint density at radius 1 is 1.15 bits per heavy atom. The number of aryl methyl sites for hydroxylation is 2. The number of amides is 1. The monoisotopic (exact) mass is 386 g/mol. The van der Waals surface area contributed by atoms with Crippen LogP contribution in [-0.4, -0.2) is 18.2 Å². The normalized spacial score (nSPS) is 12.9. The molecule has 1 unspecified atom stereocenters. The van der Waals surface area contributed by atoms with Crippen LogP contribution in [0.1, 0.15) is 49.9 Å². The maximum absolute atomic E-state index is 12.2. The molecule has 0 aromatic heterocycles. The number of carbonyl (C=O) groups is 1. The lowest BCUT2D eigenvalue weighted by Gasteiger charge is -2.18. The summed E-state index contributed by atoms with van der Waals surface area (Å²) in [7, 11) is 0. The molecule has 0 aliphatic rings. The Kier molecular flexibility index (Phi) is 6.66. The molecule has 2 rings (SSSR count). The first-order chi connectivity index (χ1) is 12.6. The number of hydrogen-bond donors (Lipinski definition) is 1. The standard InChI is InChI=1S/C22H27ClN2O2/c1-14-11-19(12-15(2)20(14)23)27-16(3)21(26)25-24-13-17-7-9-18(10-8-17)22(4,5)6/h7-13,16H,1-6H3,(H,25,26)/b24-13+. The van der Waals surface area contributed by atoms with Crippen molar-refractivity contribution < 1.29 is 9.53 Å². The molecule has 144 valence electrons. The Hall–Kier alpha value is -2.33. The maximum Gasteiger partial charge on any atom is 0.280 e. The van der Waals surface area contributed by atoms with E-state index in [4.69, 9.17) is 16.3 Å². The molecule has 1 amide bonds. The second kappa shape index (κ2) is 8.57. The highest BCUT2D eigenvalue weighted by atomic mass is 35.5. The van der Waals surface area contributed by atoms with E-state index in [1.54, 1.807) is 13.1 Å². The molecule has 0 aliphatic heterocycles. The summed E-state index contributed by atoms with van der Waals surface area (Å²) >= 11 is 6.16. The van der Waals surface area contributed by atoms with E-state index < -0.39 is 6.10 Å². The van der Waals surface area contributed by atoms with Crippen LogP contribution in [0.25, 0.3) is 0 Å². The van der Waals surface area contributed by atoms with Gasteiger partial charge in [0.1, 0.15) is 5.75 Å². The molecule has 0 bridgehead atoms. The van der Waals surface area contributed by atoms with E-state index in [9.17, 15) is 4.79 Å². The first kappa shape index (κ1) is 21.0. The highest BCUT2D eigenvalue weighted by molar-refractivity contribution is 6.32. The first-order valence-corrected chi connectivity index (χ1v) is 9.32. The minimum atomic E-state index is -0.676. The van der Waals surface area contributed by atoms with E-state index in [-0.39, 0.29) is 11.3 Å². The minimum absolute atomic E-state index is 0.106. The largest absolute Gasteiger partial charge is 0.481 e. The number of hydrazone groups is 1. The fourth-order valence-electron chi connectivity index (χ4n) is 2.56. The predicted octanol–water partition coefficient (Wildman–Crippen LogP) is 5.17. The molecule has 0 saturated heterocycles. The smallest absolute Gasteiger partial charge is 0.280 e. The van der Waals surface area contributed by atoms with Crippen LogP contribution in [0.4, 0.5) is 0 Å². The average Bonchev–Trinajstić information content (AvgIpc) is 2.59. The molecule has 0 spiro atoms. The molecule has 4 nitrogen and oxygen atoms in total. The van der Waals surface area contributed by atoms with Crippen LogP contribution in [-0.2, 0) is 10.2 Å². The van der Waals surface area contributed by atoms with Crippen molar-refractivity contribution in [3.05, 3.63) is 63.7 Å². The van der Waals surface area contributed by atoms with Crippen molar-refractivity contribution in [3.63, 3.8) is 0 Å². The average molecular weight is 387 g/mol. The summed E-state index contributed by atoms with van der Waals surface area (Å²) in [6, 6.07) is 11.7. The highest BCUT2D eigenvalue weighted by Gasteiger charge is 2.15. The molecular weight excluding hydrogens is 360 g/mol. The van der Waals surface area contributed by atoms with Gasteiger partial charge in [0.05, 0.1) is 6.21 Å². The SMILES string of the molecule is Cc1cc(OC(C)C(=O)N/N=C/c2ccc(C(C)(C)C)cc2)cc(C)c1Cl. The number of nitrogens with one attached hydrogen (secondary N) is 1. The zero-order valence-corrected chi connectivity index (χ0v) is 17.5. The topological polar surface area (TPSA) is 50.7 Å². The van der Waals surface area contributed by atoms with E-state index >= 15 is 0 Å². The summed E-state index contributed by atoms with van der Waals surface area (Å²) in [4.78, 5) is 12.2. The molecule has 0 saturated carbocycles. The Morgan fingerprint density at radius 3 is 2.22 bits per heavy atom. The number of hydrogen-bond acceptors (Lipinski definition) is 3. The zero-order valence-electron chi connectivity index (χ0n) is 16.8. The van der Waals surface area contributed by atoms with Crippen LogP contribution < -0.4 is 10.2 Å². The van der Waals surface area contributed by atoms with Crippen LogP contribution in [0.3, 0.4) is 0 Å². The molecule has 5 heteroatoms. The second-order valence-electron chi connectivity index (χ2n) is 7.74. The van der Waals surface area contributed by atoms with Gasteiger partial charge in [0, 0.05) is 5.02 Å². The summed E-state index contributed by atoms with van der Waals surface area (Å²) in [5.41, 5.74) is 6.61. The molecule has 0 heterocycles. The Balaban J connectivity index is 1.94. The summed E-state index contributed by atoms with van der Waals surface area (Å²) in [6.45, 7) is 12.0. The van der Waals surface area contributed by atoms with Gasteiger partial charge in [-0.25, -0.2) is 5.43 Å². The zero-order chi connectivity index (χ0) is 20.2. The van der Waals surface area contributed by atoms with Gasteiger partial charge in [-0.05, 0) is 60.6 Å². The molecule has 0 fully saturated rings. The van der Waals surface area contributed by atoms with Crippen molar-refractivity contribution in [2.45, 2.75) is 53.1 Å². The van der Waals surface area contributed by atoms with E-state index in [2.05, 4.69) is 43.4 Å². The third-order valence-electron chi connectivity index (χ3n) is 4.26. The maximum atomic E-state index is 12.2. The van der Waals surface area contributed by atoms with E-state index in [0.717, 1.165) is 16.7 Å². The van der Waals surface area contributed by atoms with Crippen LogP contribution in [0.5, 0.6) is 5.75 Å². The van der Waals surface area contributed by atoms with Crippen LogP contribution >= 0.6 is 11.6 Å². The van der Waals surface area contributed by atoms with Gasteiger partial charge in [0.25, 0.3) is 5.91 Å². The second-order valence-corrected chi connectivity index (χ2v) is 8.12. The van der Waals surface area contributed by atoms with Crippen molar-refractivity contribution in [2.75, 3.05) is 0 Å². The van der Waals surface area contributed by atoms with Crippen molar-refractivity contribution in [1.29, 1.82) is 0 Å². The van der Waals surface area contributed by atoms with E-state index in [1.807, 2.05) is 38.1 Å². The highest BCUT2D eigenvalue weighted by Crippen LogP contribution is 2.26. The lowest BCUT2D eigenvalue weighted by molar-refractivity contribution is -0.127. The van der Waals surface area contributed by atoms with Gasteiger partial charge in [-0.3, -0.25) is 4.79 Å². The van der Waals surface area contributed by atoms with Crippen molar-refractivity contribution in [1.82, 2.24) is 5.43 Å². The first-order valence-electron chi connectivity index (χ1n) is 8.95. The third-order valence-corrected chi connectivity index (χ3v) is 4.85. The number of rotatable bonds is 5. The number of carbonyl (C=O) groups excluding carboxylic acids is 1. The number of halogens is 1. The minimum Gasteiger partial charge on any atom is -0.481 e. The summed E-state index contributed by atoms with van der Waals surface area (Å²) in [6.07, 6.45) is 0.943. The molecule has 0 aliphatic carbocycles. The van der Waals surface area contributed by atoms with Gasteiger partial charge in [-0.15, -0.1) is 0 Å². The molecule has 1 N–H and O–H groups in total. The van der Waals surface area contributed by atoms with Crippen LogP contribution in [0.15, 0.2) is 41.5 Å². The molecule has 27 heavy (non-hydrogen) atoms. The van der Waals surface area contributed by atoms with Gasteiger partial charge in [-0.1, -0.05) is 56.6 Å². The number of nitrogens with zero attached hydrogens (tertiary/aromatic N) is 1. The van der Waals surface area contributed by atoms with Crippen LogP contribution in [0, 0.1) is 13.8 Å². The molecule has 0 radical (unpaired) electrons. The quantitative estimate of drug-likeness (QED) is 0.569. The number of benzene rings is 2. The molecule has 2 aromatic carbocycles. The summed E-state index contributed by atoms with van der Waals surface area (Å²) < 4.78 is 5.70. The van der Waals surface area contributed by atoms with Crippen molar-refractivity contribution in [2.24, 2.45) is 5.10 Å². The fourth-order valence-corrected chi connectivity index (χ4v) is 2.67. The Labute approximate surface area is 166 Å². The fraction of sp³-hybridized carbons (Fsp3) is 0.364.